The second-order valence-electron chi connectivity index (χ2n) is 5.71. The molecule has 0 fully saturated rings. The first-order valence-electron chi connectivity index (χ1n) is 7.85. The van der Waals surface area contributed by atoms with Crippen molar-refractivity contribution in [2.24, 2.45) is 0 Å². The zero-order valence-corrected chi connectivity index (χ0v) is 15.7. The third-order valence-corrected chi connectivity index (χ3v) is 4.39. The van der Waals surface area contributed by atoms with Gasteiger partial charge in [0.05, 0.1) is 28.4 Å². The van der Waals surface area contributed by atoms with Crippen LogP contribution in [0, 0.1) is 0 Å². The summed E-state index contributed by atoms with van der Waals surface area (Å²) < 4.78 is 12.7. The maximum atomic E-state index is 6.04. The number of nitrogens with zero attached hydrogens (tertiary/aromatic N) is 3. The number of likely N-dealkylation sites (N-methyl/N-ethyl adjacent to an activating group) is 1. The topological polar surface area (TPSA) is 39.5 Å². The van der Waals surface area contributed by atoms with Gasteiger partial charge in [0, 0.05) is 32.5 Å². The first-order valence-corrected chi connectivity index (χ1v) is 8.60. The largest absolute Gasteiger partial charge is 0.474 e. The number of ether oxygens (including phenoxy) is 2. The van der Waals surface area contributed by atoms with Crippen molar-refractivity contribution >= 4 is 23.2 Å². The fourth-order valence-corrected chi connectivity index (χ4v) is 2.46. The quantitative estimate of drug-likeness (QED) is 0.669. The maximum absolute atomic E-state index is 6.04. The summed E-state index contributed by atoms with van der Waals surface area (Å²) in [4.78, 5) is 2.22. The summed E-state index contributed by atoms with van der Waals surface area (Å²) >= 11 is 12.0. The molecule has 1 unspecified atom stereocenters. The normalized spacial score (nSPS) is 12.6. The molecule has 132 valence electrons. The third-order valence-electron chi connectivity index (χ3n) is 3.65. The first kappa shape index (κ1) is 19.1. The lowest BCUT2D eigenvalue weighted by atomic mass is 10.2. The molecular weight excluding hydrogens is 349 g/mol. The van der Waals surface area contributed by atoms with E-state index in [1.54, 1.807) is 23.9 Å². The molecular formula is C17H23Cl2N3O2. The van der Waals surface area contributed by atoms with Gasteiger partial charge in [-0.1, -0.05) is 23.2 Å². The van der Waals surface area contributed by atoms with Gasteiger partial charge >= 0.3 is 0 Å². The van der Waals surface area contributed by atoms with Gasteiger partial charge in [-0.2, -0.15) is 0 Å². The highest BCUT2D eigenvalue weighted by Gasteiger charge is 2.10. The van der Waals surface area contributed by atoms with E-state index in [0.29, 0.717) is 15.9 Å². The summed E-state index contributed by atoms with van der Waals surface area (Å²) in [6.45, 7) is 4.63. The first-order chi connectivity index (χ1) is 11.5. The SMILES string of the molecule is COCCN(C)CCC(C)Oc1ccn(-c2ccc(Cl)c(Cl)c2)n1. The fourth-order valence-electron chi connectivity index (χ4n) is 2.17. The summed E-state index contributed by atoms with van der Waals surface area (Å²) in [5.41, 5.74) is 0.839. The Labute approximate surface area is 153 Å². The molecule has 5 nitrogen and oxygen atoms in total. The van der Waals surface area contributed by atoms with Crippen molar-refractivity contribution in [3.05, 3.63) is 40.5 Å². The zero-order chi connectivity index (χ0) is 17.5. The molecule has 1 aromatic carbocycles. The molecule has 0 bridgehead atoms. The van der Waals surface area contributed by atoms with Crippen LogP contribution in [0.5, 0.6) is 5.88 Å². The van der Waals surface area contributed by atoms with Crippen LogP contribution in [0.2, 0.25) is 10.0 Å². The molecule has 7 heteroatoms. The van der Waals surface area contributed by atoms with Crippen LogP contribution >= 0.6 is 23.2 Å². The Hall–Kier alpha value is -1.27. The molecule has 0 spiro atoms. The van der Waals surface area contributed by atoms with Gasteiger partial charge < -0.3 is 14.4 Å². The lowest BCUT2D eigenvalue weighted by molar-refractivity contribution is 0.143. The highest BCUT2D eigenvalue weighted by atomic mass is 35.5. The summed E-state index contributed by atoms with van der Waals surface area (Å²) in [5.74, 6) is 0.591. The molecule has 1 aromatic heterocycles. The van der Waals surface area contributed by atoms with Gasteiger partial charge in [0.25, 0.3) is 0 Å². The Morgan fingerprint density at radius 2 is 2.00 bits per heavy atom. The van der Waals surface area contributed by atoms with Gasteiger partial charge in [0.1, 0.15) is 0 Å². The van der Waals surface area contributed by atoms with Crippen LogP contribution in [0.25, 0.3) is 5.69 Å². The van der Waals surface area contributed by atoms with Crippen molar-refractivity contribution in [2.75, 3.05) is 33.9 Å². The van der Waals surface area contributed by atoms with Crippen molar-refractivity contribution in [1.82, 2.24) is 14.7 Å². The van der Waals surface area contributed by atoms with Crippen LogP contribution in [-0.2, 0) is 4.74 Å². The van der Waals surface area contributed by atoms with E-state index in [2.05, 4.69) is 17.0 Å². The van der Waals surface area contributed by atoms with E-state index in [-0.39, 0.29) is 6.10 Å². The minimum atomic E-state index is 0.0761. The average Bonchev–Trinajstić information content (AvgIpc) is 3.02. The van der Waals surface area contributed by atoms with E-state index in [0.717, 1.165) is 31.8 Å². The van der Waals surface area contributed by atoms with E-state index in [1.807, 2.05) is 25.3 Å². The molecule has 2 rings (SSSR count). The smallest absolute Gasteiger partial charge is 0.233 e. The van der Waals surface area contributed by atoms with Gasteiger partial charge in [-0.15, -0.1) is 5.10 Å². The number of halogens is 2. The van der Waals surface area contributed by atoms with Crippen LogP contribution in [0.1, 0.15) is 13.3 Å². The Morgan fingerprint density at radius 1 is 1.21 bits per heavy atom. The molecule has 0 saturated carbocycles. The van der Waals surface area contributed by atoms with Crippen LogP contribution in [0.15, 0.2) is 30.5 Å². The number of aromatic nitrogens is 2. The Balaban J connectivity index is 1.87. The summed E-state index contributed by atoms with van der Waals surface area (Å²) in [6.07, 6.45) is 2.83. The summed E-state index contributed by atoms with van der Waals surface area (Å²) in [5, 5.41) is 5.45. The lowest BCUT2D eigenvalue weighted by Gasteiger charge is -2.19. The van der Waals surface area contributed by atoms with Crippen LogP contribution in [0.3, 0.4) is 0 Å². The van der Waals surface area contributed by atoms with Crippen molar-refractivity contribution in [3.8, 4) is 11.6 Å². The number of hydrogen-bond acceptors (Lipinski definition) is 4. The average molecular weight is 372 g/mol. The van der Waals surface area contributed by atoms with E-state index in [1.165, 1.54) is 0 Å². The van der Waals surface area contributed by atoms with Crippen LogP contribution in [-0.4, -0.2) is 54.6 Å². The van der Waals surface area contributed by atoms with Gasteiger partial charge in [-0.25, -0.2) is 4.68 Å². The highest BCUT2D eigenvalue weighted by Crippen LogP contribution is 2.24. The predicted octanol–water partition coefficient (Wildman–Crippen LogP) is 3.91. The van der Waals surface area contributed by atoms with E-state index >= 15 is 0 Å². The van der Waals surface area contributed by atoms with Crippen molar-refractivity contribution in [2.45, 2.75) is 19.4 Å². The van der Waals surface area contributed by atoms with Gasteiger partial charge in [0.15, 0.2) is 0 Å². The molecule has 1 atom stereocenters. The second kappa shape index (κ2) is 9.28. The molecule has 0 aliphatic carbocycles. The molecule has 2 aromatic rings. The molecule has 1 heterocycles. The molecule has 0 amide bonds. The van der Waals surface area contributed by atoms with Crippen molar-refractivity contribution in [1.29, 1.82) is 0 Å². The number of methoxy groups -OCH3 is 1. The van der Waals surface area contributed by atoms with E-state index in [9.17, 15) is 0 Å². The molecule has 24 heavy (non-hydrogen) atoms. The maximum Gasteiger partial charge on any atom is 0.233 e. The Morgan fingerprint density at radius 3 is 2.71 bits per heavy atom. The Kier molecular flexibility index (Phi) is 7.37. The molecule has 0 aliphatic heterocycles. The highest BCUT2D eigenvalue weighted by molar-refractivity contribution is 6.42. The summed E-state index contributed by atoms with van der Waals surface area (Å²) in [6, 6.07) is 7.22. The monoisotopic (exact) mass is 371 g/mol. The number of rotatable bonds is 9. The number of benzene rings is 1. The van der Waals surface area contributed by atoms with Crippen LogP contribution in [0.4, 0.5) is 0 Å². The molecule has 0 saturated heterocycles. The van der Waals surface area contributed by atoms with E-state index in [4.69, 9.17) is 32.7 Å². The predicted molar refractivity (Wildman–Crippen MR) is 97.7 cm³/mol. The molecule has 0 aliphatic rings. The summed E-state index contributed by atoms with van der Waals surface area (Å²) in [7, 11) is 3.79. The van der Waals surface area contributed by atoms with Crippen molar-refractivity contribution in [3.63, 3.8) is 0 Å². The zero-order valence-electron chi connectivity index (χ0n) is 14.2. The Bertz CT molecular complexity index is 649. The third kappa shape index (κ3) is 5.67. The van der Waals surface area contributed by atoms with Gasteiger partial charge in [0.2, 0.25) is 5.88 Å². The lowest BCUT2D eigenvalue weighted by Crippen LogP contribution is -2.27. The van der Waals surface area contributed by atoms with Gasteiger partial charge in [-0.3, -0.25) is 0 Å². The minimum Gasteiger partial charge on any atom is -0.474 e. The molecule has 0 N–H and O–H groups in total. The van der Waals surface area contributed by atoms with E-state index < -0.39 is 0 Å². The fraction of sp³-hybridized carbons (Fsp3) is 0.471. The van der Waals surface area contributed by atoms with Crippen molar-refractivity contribution < 1.29 is 9.47 Å². The second-order valence-corrected chi connectivity index (χ2v) is 6.52. The molecule has 0 radical (unpaired) electrons. The number of hydrogen-bond donors (Lipinski definition) is 0. The minimum absolute atomic E-state index is 0.0761. The van der Waals surface area contributed by atoms with Crippen LogP contribution < -0.4 is 4.74 Å². The van der Waals surface area contributed by atoms with Gasteiger partial charge in [-0.05, 0) is 38.6 Å². The standard InChI is InChI=1S/C17H23Cl2N3O2/c1-13(6-8-21(2)10-11-23-3)24-17-7-9-22(20-17)14-4-5-15(18)16(19)12-14/h4-5,7,9,12-13H,6,8,10-11H2,1-3H3.